The Labute approximate surface area is 182 Å². The molecule has 3 aromatic heterocycles. The first-order valence-corrected chi connectivity index (χ1v) is 10.5. The summed E-state index contributed by atoms with van der Waals surface area (Å²) < 4.78 is 12.8. The summed E-state index contributed by atoms with van der Waals surface area (Å²) >= 11 is 1.42. The Balaban J connectivity index is 1.49. The van der Waals surface area contributed by atoms with E-state index in [1.54, 1.807) is 36.6 Å². The summed E-state index contributed by atoms with van der Waals surface area (Å²) in [6.45, 7) is 4.53. The molecule has 0 aliphatic heterocycles. The Hall–Kier alpha value is -3.65. The van der Waals surface area contributed by atoms with Gasteiger partial charge < -0.3 is 18.7 Å². The van der Waals surface area contributed by atoms with Gasteiger partial charge in [0.1, 0.15) is 11.5 Å². The summed E-state index contributed by atoms with van der Waals surface area (Å²) in [4.78, 5) is 30.8. The largest absolute Gasteiger partial charge is 0.467 e. The average molecular weight is 436 g/mol. The third kappa shape index (κ3) is 5.10. The smallest absolute Gasteiger partial charge is 0.287 e. The van der Waals surface area contributed by atoms with Crippen molar-refractivity contribution >= 4 is 23.2 Å². The molecule has 4 aromatic rings. The number of amides is 2. The number of carbonyl (C=O) groups is 2. The molecule has 158 valence electrons. The summed E-state index contributed by atoms with van der Waals surface area (Å²) in [6, 6.07) is 14.3. The zero-order chi connectivity index (χ0) is 21.8. The molecule has 7 nitrogen and oxygen atoms in total. The molecule has 0 aliphatic carbocycles. The van der Waals surface area contributed by atoms with Crippen LogP contribution >= 0.6 is 11.3 Å². The van der Waals surface area contributed by atoms with Crippen molar-refractivity contribution in [2.75, 3.05) is 0 Å². The number of rotatable bonds is 6. The lowest BCUT2D eigenvalue weighted by molar-refractivity contribution is 0.0917. The van der Waals surface area contributed by atoms with Crippen LogP contribution in [0.25, 0.3) is 0 Å². The van der Waals surface area contributed by atoms with Crippen molar-refractivity contribution in [1.29, 1.82) is 0 Å². The third-order valence-electron chi connectivity index (χ3n) is 4.51. The van der Waals surface area contributed by atoms with Crippen LogP contribution in [0.1, 0.15) is 42.9 Å². The molecule has 0 saturated heterocycles. The Bertz CT molecular complexity index is 1280. The van der Waals surface area contributed by atoms with Crippen LogP contribution in [0.15, 0.2) is 74.8 Å². The first-order chi connectivity index (χ1) is 15.0. The molecule has 0 saturated carbocycles. The van der Waals surface area contributed by atoms with E-state index in [-0.39, 0.29) is 24.1 Å². The molecule has 0 aliphatic rings. The van der Waals surface area contributed by atoms with Crippen molar-refractivity contribution in [3.63, 3.8) is 0 Å². The van der Waals surface area contributed by atoms with Crippen LogP contribution < -0.4 is 10.1 Å². The maximum absolute atomic E-state index is 12.6. The summed E-state index contributed by atoms with van der Waals surface area (Å²) in [7, 11) is 0. The Morgan fingerprint density at radius 2 is 1.97 bits per heavy atom. The number of thiazole rings is 1. The Morgan fingerprint density at radius 3 is 2.74 bits per heavy atom. The van der Waals surface area contributed by atoms with E-state index in [1.165, 1.54) is 11.3 Å². The minimum Gasteiger partial charge on any atom is -0.467 e. The van der Waals surface area contributed by atoms with Gasteiger partial charge in [-0.1, -0.05) is 17.7 Å². The van der Waals surface area contributed by atoms with Crippen molar-refractivity contribution in [3.05, 3.63) is 99.1 Å². The number of furan rings is 2. The number of hydrogen-bond acceptors (Lipinski definition) is 5. The molecule has 31 heavy (non-hydrogen) atoms. The molecule has 0 bridgehead atoms. The minimum absolute atomic E-state index is 0.212. The normalized spacial score (nSPS) is 11.6. The molecule has 3 heterocycles. The maximum Gasteiger partial charge on any atom is 0.287 e. The fourth-order valence-electron chi connectivity index (χ4n) is 3.05. The second-order valence-electron chi connectivity index (χ2n) is 7.07. The van der Waals surface area contributed by atoms with Crippen LogP contribution in [0.5, 0.6) is 0 Å². The van der Waals surface area contributed by atoms with Gasteiger partial charge in [-0.05, 0) is 50.2 Å². The SMILES string of the molecule is Cc1cccc(C(=O)N=c2sc(C)cn2Cc2ccc(C(=O)NCc3ccco3)o2)c1. The quantitative estimate of drug-likeness (QED) is 0.494. The van der Waals surface area contributed by atoms with Gasteiger partial charge in [-0.2, -0.15) is 4.99 Å². The van der Waals surface area contributed by atoms with Crippen molar-refractivity contribution in [1.82, 2.24) is 9.88 Å². The standard InChI is InChI=1S/C23H21N3O4S/c1-15-5-3-6-17(11-15)21(27)25-23-26(13-16(2)31-23)14-19-8-9-20(30-19)22(28)24-12-18-7-4-10-29-18/h3-11,13H,12,14H2,1-2H3,(H,24,28). The molecule has 0 atom stereocenters. The van der Waals surface area contributed by atoms with Crippen LogP contribution in [0, 0.1) is 13.8 Å². The molecule has 2 amide bonds. The number of aryl methyl sites for hydroxylation is 2. The number of aromatic nitrogens is 1. The van der Waals surface area contributed by atoms with E-state index in [9.17, 15) is 9.59 Å². The van der Waals surface area contributed by atoms with Crippen molar-refractivity contribution in [2.45, 2.75) is 26.9 Å². The monoisotopic (exact) mass is 435 g/mol. The molecule has 0 fully saturated rings. The molecule has 8 heteroatoms. The second-order valence-corrected chi connectivity index (χ2v) is 8.28. The van der Waals surface area contributed by atoms with Crippen LogP contribution in [0.3, 0.4) is 0 Å². The van der Waals surface area contributed by atoms with Crippen LogP contribution in [0.2, 0.25) is 0 Å². The predicted octanol–water partition coefficient (Wildman–Crippen LogP) is 4.07. The van der Waals surface area contributed by atoms with Gasteiger partial charge in [0.2, 0.25) is 0 Å². The van der Waals surface area contributed by atoms with Gasteiger partial charge >= 0.3 is 0 Å². The number of hydrogen-bond donors (Lipinski definition) is 1. The number of nitrogens with zero attached hydrogens (tertiary/aromatic N) is 2. The highest BCUT2D eigenvalue weighted by Crippen LogP contribution is 2.12. The van der Waals surface area contributed by atoms with Crippen molar-refractivity contribution in [2.24, 2.45) is 4.99 Å². The Kier molecular flexibility index (Phi) is 5.99. The zero-order valence-electron chi connectivity index (χ0n) is 17.1. The van der Waals surface area contributed by atoms with Gasteiger partial charge in [-0.3, -0.25) is 9.59 Å². The number of benzene rings is 1. The highest BCUT2D eigenvalue weighted by atomic mass is 32.1. The predicted molar refractivity (Wildman–Crippen MR) is 116 cm³/mol. The molecule has 4 rings (SSSR count). The maximum atomic E-state index is 12.6. The van der Waals surface area contributed by atoms with Gasteiger partial charge in [-0.25, -0.2) is 0 Å². The van der Waals surface area contributed by atoms with E-state index in [2.05, 4.69) is 10.3 Å². The first kappa shape index (κ1) is 20.6. The van der Waals surface area contributed by atoms with Crippen molar-refractivity contribution < 1.29 is 18.4 Å². The van der Waals surface area contributed by atoms with E-state index in [0.717, 1.165) is 10.4 Å². The fraction of sp³-hybridized carbons (Fsp3) is 0.174. The average Bonchev–Trinajstić information content (AvgIpc) is 3.49. The summed E-state index contributed by atoms with van der Waals surface area (Å²) in [5.74, 6) is 0.841. The fourth-order valence-corrected chi connectivity index (χ4v) is 3.88. The van der Waals surface area contributed by atoms with Gasteiger partial charge in [0.25, 0.3) is 11.8 Å². The summed E-state index contributed by atoms with van der Waals surface area (Å²) in [5, 5.41) is 2.75. The summed E-state index contributed by atoms with van der Waals surface area (Å²) in [6.07, 6.45) is 3.46. The van der Waals surface area contributed by atoms with Crippen LogP contribution in [0.4, 0.5) is 0 Å². The second kappa shape index (κ2) is 9.01. The molecule has 1 aromatic carbocycles. The molecule has 0 unspecified atom stereocenters. The molecule has 0 radical (unpaired) electrons. The highest BCUT2D eigenvalue weighted by Gasteiger charge is 2.13. The van der Waals surface area contributed by atoms with Crippen LogP contribution in [-0.4, -0.2) is 16.4 Å². The lowest BCUT2D eigenvalue weighted by Crippen LogP contribution is -2.22. The van der Waals surface area contributed by atoms with Gasteiger partial charge in [-0.15, -0.1) is 11.3 Å². The minimum atomic E-state index is -0.325. The lowest BCUT2D eigenvalue weighted by atomic mass is 10.1. The molecular weight excluding hydrogens is 414 g/mol. The first-order valence-electron chi connectivity index (χ1n) is 9.70. The van der Waals surface area contributed by atoms with Gasteiger partial charge in [0.05, 0.1) is 19.4 Å². The molecule has 0 spiro atoms. The van der Waals surface area contributed by atoms with E-state index in [1.807, 2.05) is 42.8 Å². The van der Waals surface area contributed by atoms with E-state index in [4.69, 9.17) is 8.83 Å². The molecule has 1 N–H and O–H groups in total. The molecular formula is C23H21N3O4S. The van der Waals surface area contributed by atoms with Crippen LogP contribution in [-0.2, 0) is 13.1 Å². The highest BCUT2D eigenvalue weighted by molar-refractivity contribution is 7.09. The van der Waals surface area contributed by atoms with Gasteiger partial charge in [0, 0.05) is 16.6 Å². The van der Waals surface area contributed by atoms with Gasteiger partial charge in [0.15, 0.2) is 10.6 Å². The topological polar surface area (TPSA) is 89.7 Å². The summed E-state index contributed by atoms with van der Waals surface area (Å²) in [5.41, 5.74) is 1.55. The van der Waals surface area contributed by atoms with E-state index in [0.29, 0.717) is 28.4 Å². The van der Waals surface area contributed by atoms with E-state index >= 15 is 0 Å². The third-order valence-corrected chi connectivity index (χ3v) is 5.45. The number of nitrogens with one attached hydrogen (secondary N) is 1. The van der Waals surface area contributed by atoms with E-state index < -0.39 is 0 Å². The number of carbonyl (C=O) groups excluding carboxylic acids is 2. The van der Waals surface area contributed by atoms with Crippen molar-refractivity contribution in [3.8, 4) is 0 Å². The zero-order valence-corrected chi connectivity index (χ0v) is 17.9. The Morgan fingerprint density at radius 1 is 1.10 bits per heavy atom. The lowest BCUT2D eigenvalue weighted by Gasteiger charge is -2.02.